The molecule has 4 nitrogen and oxygen atoms in total. The van der Waals surface area contributed by atoms with Crippen molar-refractivity contribution in [3.63, 3.8) is 0 Å². The van der Waals surface area contributed by atoms with Gasteiger partial charge in [0.25, 0.3) is 10.0 Å². The van der Waals surface area contributed by atoms with E-state index in [1.807, 2.05) is 45.9 Å². The van der Waals surface area contributed by atoms with Crippen LogP contribution in [0, 0.1) is 5.92 Å². The average Bonchev–Trinajstić information content (AvgIpc) is 2.77. The fraction of sp³-hybridized carbons (Fsp3) is 0.500. The molecule has 0 spiro atoms. The number of allylic oxidation sites excluding steroid dienone is 1. The van der Waals surface area contributed by atoms with Crippen LogP contribution in [0.3, 0.4) is 0 Å². The van der Waals surface area contributed by atoms with Crippen LogP contribution in [0.15, 0.2) is 68.7 Å². The van der Waals surface area contributed by atoms with Crippen LogP contribution in [-0.4, -0.2) is 18.4 Å². The highest BCUT2D eigenvalue weighted by atomic mass is 32.3. The van der Waals surface area contributed by atoms with Gasteiger partial charge in [0.15, 0.2) is 0 Å². The Kier molecular flexibility index (Phi) is 9.72. The van der Waals surface area contributed by atoms with Crippen LogP contribution in [0.4, 0.5) is 0 Å². The normalized spacial score (nSPS) is 14.9. The fourth-order valence-corrected chi connectivity index (χ4v) is 9.11. The third-order valence-corrected chi connectivity index (χ3v) is 10.7. The highest BCUT2D eigenvalue weighted by Gasteiger charge is 2.30. The van der Waals surface area contributed by atoms with Gasteiger partial charge in [0, 0.05) is 10.6 Å². The first-order chi connectivity index (χ1) is 15.9. The van der Waals surface area contributed by atoms with Crippen molar-refractivity contribution in [2.24, 2.45) is 9.69 Å². The van der Waals surface area contributed by atoms with Gasteiger partial charge in [0.2, 0.25) is 0 Å². The summed E-state index contributed by atoms with van der Waals surface area (Å²) in [5.41, 5.74) is 2.58. The predicted octanol–water partition coefficient (Wildman–Crippen LogP) is 7.87. The lowest BCUT2D eigenvalue weighted by Crippen LogP contribution is -2.18. The van der Waals surface area contributed by atoms with E-state index in [0.717, 1.165) is 29.5 Å². The minimum Gasteiger partial charge on any atom is -0.244 e. The molecular weight excluding hydrogens is 462 g/mol. The maximum Gasteiger partial charge on any atom is 0.290 e. The Labute approximate surface area is 208 Å². The second kappa shape index (κ2) is 11.7. The van der Waals surface area contributed by atoms with Crippen LogP contribution in [-0.2, 0) is 19.8 Å². The molecule has 2 aromatic rings. The maximum absolute atomic E-state index is 14.4. The third kappa shape index (κ3) is 6.60. The van der Waals surface area contributed by atoms with E-state index in [9.17, 15) is 12.6 Å². The number of hydrogen-bond acceptors (Lipinski definition) is 3. The number of rotatable bonds is 11. The molecule has 0 heterocycles. The first-order valence-electron chi connectivity index (χ1n) is 12.2. The minimum absolute atomic E-state index is 0.0232. The molecule has 0 fully saturated rings. The number of benzene rings is 2. The van der Waals surface area contributed by atoms with Gasteiger partial charge in [0.1, 0.15) is 0 Å². The lowest BCUT2D eigenvalue weighted by Gasteiger charge is -2.22. The molecule has 0 aliphatic carbocycles. The van der Waals surface area contributed by atoms with E-state index in [1.165, 1.54) is 0 Å². The molecule has 0 aromatic heterocycles. The zero-order valence-electron chi connectivity index (χ0n) is 21.7. The number of hydrogen-bond donors (Lipinski definition) is 0. The van der Waals surface area contributed by atoms with Crippen molar-refractivity contribution in [3.8, 4) is 0 Å². The fourth-order valence-electron chi connectivity index (χ4n) is 4.12. The smallest absolute Gasteiger partial charge is 0.244 e. The quantitative estimate of drug-likeness (QED) is 0.293. The van der Waals surface area contributed by atoms with Gasteiger partial charge in [-0.05, 0) is 58.9 Å². The topological polar surface area (TPSA) is 63.6 Å². The van der Waals surface area contributed by atoms with Crippen LogP contribution >= 0.6 is 0 Å². The molecule has 0 aliphatic rings. The summed E-state index contributed by atoms with van der Waals surface area (Å²) in [7, 11) is -7.47. The molecule has 0 bridgehead atoms. The SMILES string of the molecule is C=C[C@@H](CCC)C[S@@](=O)(=NS(=O)(=O)c1c(C(C)C)cc(C(C)C)cc1C(C)C)c1ccccc1. The second-order valence-corrected chi connectivity index (χ2v) is 14.0. The van der Waals surface area contributed by atoms with Crippen LogP contribution < -0.4 is 0 Å². The average molecular weight is 504 g/mol. The van der Waals surface area contributed by atoms with E-state index < -0.39 is 19.8 Å². The summed E-state index contributed by atoms with van der Waals surface area (Å²) in [5, 5.41) is 0. The first kappa shape index (κ1) is 28.3. The zero-order chi connectivity index (χ0) is 25.7. The molecule has 2 rings (SSSR count). The summed E-state index contributed by atoms with van der Waals surface area (Å²) in [6.07, 6.45) is 3.44. The molecular formula is C28H41NO3S2. The van der Waals surface area contributed by atoms with E-state index in [0.29, 0.717) is 4.90 Å². The van der Waals surface area contributed by atoms with Crippen molar-refractivity contribution in [1.82, 2.24) is 0 Å². The molecule has 0 aliphatic heterocycles. The van der Waals surface area contributed by atoms with Gasteiger partial charge in [0.05, 0.1) is 14.6 Å². The molecule has 34 heavy (non-hydrogen) atoms. The summed E-state index contributed by atoms with van der Waals surface area (Å²) >= 11 is 0. The Morgan fingerprint density at radius 2 is 1.41 bits per heavy atom. The summed E-state index contributed by atoms with van der Waals surface area (Å²) in [5.74, 6) is 0.259. The summed E-state index contributed by atoms with van der Waals surface area (Å²) < 4.78 is 46.6. The van der Waals surface area contributed by atoms with Crippen LogP contribution in [0.5, 0.6) is 0 Å². The molecule has 188 valence electrons. The van der Waals surface area contributed by atoms with Crippen molar-refractivity contribution < 1.29 is 12.6 Å². The van der Waals surface area contributed by atoms with Gasteiger partial charge in [-0.2, -0.15) is 8.42 Å². The first-order valence-corrected chi connectivity index (χ1v) is 15.3. The second-order valence-electron chi connectivity index (χ2n) is 9.95. The Hall–Kier alpha value is -1.92. The van der Waals surface area contributed by atoms with E-state index in [1.54, 1.807) is 30.3 Å². The highest BCUT2D eigenvalue weighted by molar-refractivity contribution is 8.03. The van der Waals surface area contributed by atoms with Gasteiger partial charge >= 0.3 is 0 Å². The van der Waals surface area contributed by atoms with Crippen molar-refractivity contribution in [2.45, 2.75) is 88.9 Å². The maximum atomic E-state index is 14.4. The van der Waals surface area contributed by atoms with E-state index in [-0.39, 0.29) is 34.3 Å². The van der Waals surface area contributed by atoms with E-state index >= 15 is 0 Å². The van der Waals surface area contributed by atoms with Crippen molar-refractivity contribution >= 4 is 19.8 Å². The van der Waals surface area contributed by atoms with Crippen LogP contribution in [0.25, 0.3) is 0 Å². The van der Waals surface area contributed by atoms with Gasteiger partial charge in [-0.3, -0.25) is 0 Å². The van der Waals surface area contributed by atoms with Gasteiger partial charge in [-0.1, -0.05) is 91.3 Å². The summed E-state index contributed by atoms with van der Waals surface area (Å²) in [6, 6.07) is 12.8. The van der Waals surface area contributed by atoms with Gasteiger partial charge in [-0.15, -0.1) is 10.3 Å². The Bertz CT molecular complexity index is 1170. The monoisotopic (exact) mass is 503 g/mol. The molecule has 0 unspecified atom stereocenters. The van der Waals surface area contributed by atoms with Crippen LogP contribution in [0.1, 0.15) is 95.8 Å². The highest BCUT2D eigenvalue weighted by Crippen LogP contribution is 2.37. The van der Waals surface area contributed by atoms with E-state index in [2.05, 4.69) is 31.1 Å². The van der Waals surface area contributed by atoms with Crippen molar-refractivity contribution in [1.29, 1.82) is 0 Å². The van der Waals surface area contributed by atoms with Crippen LogP contribution in [0.2, 0.25) is 0 Å². The van der Waals surface area contributed by atoms with Gasteiger partial charge in [-0.25, -0.2) is 4.21 Å². The Morgan fingerprint density at radius 3 is 1.82 bits per heavy atom. The predicted molar refractivity (Wildman–Crippen MR) is 145 cm³/mol. The minimum atomic E-state index is -4.21. The lowest BCUT2D eigenvalue weighted by molar-refractivity contribution is 0.591. The largest absolute Gasteiger partial charge is 0.290 e. The standard InChI is InChI=1S/C28H41NO3S2/c1-9-14-23(10-2)19-33(30,25-15-12-11-13-16-25)29-34(31,32)28-26(21(5)6)17-24(20(3)4)18-27(28)22(7)8/h10-13,15-18,20-23H,2,9,14,19H2,1,3-8H3/t23-,33-/m0/s1. The molecule has 0 saturated carbocycles. The third-order valence-electron chi connectivity index (χ3n) is 6.10. The van der Waals surface area contributed by atoms with Crippen molar-refractivity contribution in [2.75, 3.05) is 5.75 Å². The molecule has 2 atom stereocenters. The molecule has 0 saturated heterocycles. The molecule has 0 N–H and O–H groups in total. The summed E-state index contributed by atoms with van der Waals surface area (Å²) in [6.45, 7) is 18.1. The van der Waals surface area contributed by atoms with Crippen molar-refractivity contribution in [3.05, 3.63) is 71.8 Å². The Morgan fingerprint density at radius 1 is 0.882 bits per heavy atom. The molecule has 0 radical (unpaired) electrons. The lowest BCUT2D eigenvalue weighted by atomic mass is 9.89. The molecule has 6 heteroatoms. The molecule has 2 aromatic carbocycles. The number of sulfonamides is 1. The molecule has 0 amide bonds. The van der Waals surface area contributed by atoms with Gasteiger partial charge < -0.3 is 0 Å². The summed E-state index contributed by atoms with van der Waals surface area (Å²) in [4.78, 5) is 0.661. The van der Waals surface area contributed by atoms with E-state index in [4.69, 9.17) is 0 Å². The zero-order valence-corrected chi connectivity index (χ0v) is 23.4. The number of nitrogens with zero attached hydrogens (tertiary/aromatic N) is 1. The Balaban J connectivity index is 2.90.